The van der Waals surface area contributed by atoms with Crippen molar-refractivity contribution >= 4 is 21.6 Å². The molecule has 1 N–H and O–H groups in total. The predicted molar refractivity (Wildman–Crippen MR) is 104 cm³/mol. The Labute approximate surface area is 156 Å². The summed E-state index contributed by atoms with van der Waals surface area (Å²) < 4.78 is 30.7. The maximum atomic E-state index is 12.2. The van der Waals surface area contributed by atoms with Crippen molar-refractivity contribution in [1.82, 2.24) is 5.32 Å². The van der Waals surface area contributed by atoms with Crippen LogP contribution in [0.25, 0.3) is 0 Å². The molecule has 1 amide bonds. The van der Waals surface area contributed by atoms with E-state index in [-0.39, 0.29) is 12.5 Å². The topological polar surface area (TPSA) is 75.7 Å². The van der Waals surface area contributed by atoms with E-state index in [2.05, 4.69) is 11.4 Å². The quantitative estimate of drug-likeness (QED) is 0.669. The SMILES string of the molecule is CCOc1ccc(N(CC(=O)NCCC2=CCCCC2)S(C)(=O)=O)cc1. The van der Waals surface area contributed by atoms with Crippen LogP contribution in [0.5, 0.6) is 5.75 Å². The van der Waals surface area contributed by atoms with Crippen molar-refractivity contribution in [2.45, 2.75) is 39.0 Å². The molecule has 2 rings (SSSR count). The monoisotopic (exact) mass is 380 g/mol. The van der Waals surface area contributed by atoms with Crippen LogP contribution in [-0.4, -0.2) is 40.3 Å². The smallest absolute Gasteiger partial charge is 0.240 e. The van der Waals surface area contributed by atoms with E-state index >= 15 is 0 Å². The molecule has 144 valence electrons. The lowest BCUT2D eigenvalue weighted by Crippen LogP contribution is -2.40. The summed E-state index contributed by atoms with van der Waals surface area (Å²) in [6, 6.07) is 6.69. The second kappa shape index (κ2) is 9.62. The zero-order valence-corrected chi connectivity index (χ0v) is 16.3. The van der Waals surface area contributed by atoms with Gasteiger partial charge < -0.3 is 10.1 Å². The van der Waals surface area contributed by atoms with Gasteiger partial charge in [-0.15, -0.1) is 0 Å². The third kappa shape index (κ3) is 6.37. The molecule has 7 heteroatoms. The molecule has 0 bridgehead atoms. The molecular formula is C19H28N2O4S. The molecule has 1 aliphatic carbocycles. The first-order valence-electron chi connectivity index (χ1n) is 9.05. The fourth-order valence-corrected chi connectivity index (χ4v) is 3.81. The van der Waals surface area contributed by atoms with Crippen molar-refractivity contribution in [2.24, 2.45) is 0 Å². The Bertz CT molecular complexity index is 726. The van der Waals surface area contributed by atoms with Crippen LogP contribution >= 0.6 is 0 Å². The van der Waals surface area contributed by atoms with Crippen molar-refractivity contribution < 1.29 is 17.9 Å². The minimum atomic E-state index is -3.56. The molecule has 0 unspecified atom stereocenters. The number of sulfonamides is 1. The number of anilines is 1. The first-order valence-corrected chi connectivity index (χ1v) is 10.9. The lowest BCUT2D eigenvalue weighted by molar-refractivity contribution is -0.119. The Kier molecular flexibility index (Phi) is 7.50. The third-order valence-electron chi connectivity index (χ3n) is 4.28. The number of allylic oxidation sites excluding steroid dienone is 1. The van der Waals surface area contributed by atoms with E-state index in [1.807, 2.05) is 6.92 Å². The molecule has 1 aromatic rings. The van der Waals surface area contributed by atoms with Gasteiger partial charge in [0.15, 0.2) is 0 Å². The van der Waals surface area contributed by atoms with Gasteiger partial charge in [-0.2, -0.15) is 0 Å². The van der Waals surface area contributed by atoms with Crippen LogP contribution in [-0.2, 0) is 14.8 Å². The van der Waals surface area contributed by atoms with Gasteiger partial charge in [0, 0.05) is 6.54 Å². The van der Waals surface area contributed by atoms with Gasteiger partial charge in [-0.25, -0.2) is 8.42 Å². The van der Waals surface area contributed by atoms with Crippen LogP contribution in [0.4, 0.5) is 5.69 Å². The van der Waals surface area contributed by atoms with Crippen molar-refractivity contribution in [3.8, 4) is 5.75 Å². The summed E-state index contributed by atoms with van der Waals surface area (Å²) in [4.78, 5) is 12.2. The molecule has 26 heavy (non-hydrogen) atoms. The third-order valence-corrected chi connectivity index (χ3v) is 5.42. The van der Waals surface area contributed by atoms with Gasteiger partial charge in [-0.1, -0.05) is 11.6 Å². The number of carbonyl (C=O) groups is 1. The molecule has 0 atom stereocenters. The average molecular weight is 381 g/mol. The van der Waals surface area contributed by atoms with Gasteiger partial charge in [0.05, 0.1) is 18.6 Å². The van der Waals surface area contributed by atoms with Gasteiger partial charge in [0.1, 0.15) is 12.3 Å². The molecule has 6 nitrogen and oxygen atoms in total. The van der Waals surface area contributed by atoms with Crippen LogP contribution in [0.1, 0.15) is 39.0 Å². The molecule has 0 fully saturated rings. The Morgan fingerprint density at radius 3 is 2.54 bits per heavy atom. The fourth-order valence-electron chi connectivity index (χ4n) is 2.96. The molecule has 0 spiro atoms. The van der Waals surface area contributed by atoms with Crippen molar-refractivity contribution in [3.05, 3.63) is 35.9 Å². The van der Waals surface area contributed by atoms with E-state index < -0.39 is 10.0 Å². The number of hydrogen-bond acceptors (Lipinski definition) is 4. The summed E-state index contributed by atoms with van der Waals surface area (Å²) in [7, 11) is -3.56. The van der Waals surface area contributed by atoms with Gasteiger partial charge >= 0.3 is 0 Å². The highest BCUT2D eigenvalue weighted by molar-refractivity contribution is 7.92. The maximum Gasteiger partial charge on any atom is 0.240 e. The second-order valence-electron chi connectivity index (χ2n) is 6.40. The van der Waals surface area contributed by atoms with Crippen LogP contribution in [0.3, 0.4) is 0 Å². The minimum Gasteiger partial charge on any atom is -0.494 e. The van der Waals surface area contributed by atoms with E-state index in [4.69, 9.17) is 4.74 Å². The van der Waals surface area contributed by atoms with Gasteiger partial charge in [0.2, 0.25) is 15.9 Å². The first kappa shape index (κ1) is 20.3. The summed E-state index contributed by atoms with van der Waals surface area (Å²) in [6.45, 7) is 2.72. The lowest BCUT2D eigenvalue weighted by Gasteiger charge is -2.22. The average Bonchev–Trinajstić information content (AvgIpc) is 2.61. The predicted octanol–water partition coefficient (Wildman–Crippen LogP) is 2.86. The van der Waals surface area contributed by atoms with Gasteiger partial charge in [0.25, 0.3) is 0 Å². The number of rotatable bonds is 9. The highest BCUT2D eigenvalue weighted by atomic mass is 32.2. The number of benzene rings is 1. The Hall–Kier alpha value is -2.02. The van der Waals surface area contributed by atoms with Gasteiger partial charge in [-0.3, -0.25) is 9.10 Å². The van der Waals surface area contributed by atoms with E-state index in [9.17, 15) is 13.2 Å². The number of nitrogens with zero attached hydrogens (tertiary/aromatic N) is 1. The molecule has 0 heterocycles. The standard InChI is InChI=1S/C19H28N2O4S/c1-3-25-18-11-9-17(10-12-18)21(26(2,23)24)15-19(22)20-14-13-16-7-5-4-6-8-16/h7,9-12H,3-6,8,13-15H2,1-2H3,(H,20,22). The molecule has 1 aromatic carbocycles. The first-order chi connectivity index (χ1) is 12.4. The fraction of sp³-hybridized carbons (Fsp3) is 0.526. The Morgan fingerprint density at radius 2 is 1.96 bits per heavy atom. The molecule has 1 aliphatic rings. The summed E-state index contributed by atoms with van der Waals surface area (Å²) in [5.41, 5.74) is 1.82. The maximum absolute atomic E-state index is 12.2. The van der Waals surface area contributed by atoms with Crippen molar-refractivity contribution in [2.75, 3.05) is 30.3 Å². The zero-order valence-electron chi connectivity index (χ0n) is 15.5. The van der Waals surface area contributed by atoms with Crippen LogP contribution in [0, 0.1) is 0 Å². The summed E-state index contributed by atoms with van der Waals surface area (Å²) in [6.07, 6.45) is 8.83. The number of nitrogens with one attached hydrogen (secondary N) is 1. The highest BCUT2D eigenvalue weighted by Gasteiger charge is 2.20. The Morgan fingerprint density at radius 1 is 1.23 bits per heavy atom. The molecular weight excluding hydrogens is 352 g/mol. The van der Waals surface area contributed by atoms with E-state index in [0.29, 0.717) is 24.6 Å². The van der Waals surface area contributed by atoms with Crippen LogP contribution in [0.2, 0.25) is 0 Å². The van der Waals surface area contributed by atoms with Crippen molar-refractivity contribution in [1.29, 1.82) is 0 Å². The largest absolute Gasteiger partial charge is 0.494 e. The highest BCUT2D eigenvalue weighted by Crippen LogP contribution is 2.22. The van der Waals surface area contributed by atoms with Crippen molar-refractivity contribution in [3.63, 3.8) is 0 Å². The number of hydrogen-bond donors (Lipinski definition) is 1. The minimum absolute atomic E-state index is 0.230. The summed E-state index contributed by atoms with van der Waals surface area (Å²) in [5, 5.41) is 2.82. The zero-order chi connectivity index (χ0) is 19.0. The normalized spacial score (nSPS) is 14.5. The van der Waals surface area contributed by atoms with E-state index in [1.165, 1.54) is 18.4 Å². The van der Waals surface area contributed by atoms with Crippen LogP contribution in [0.15, 0.2) is 35.9 Å². The second-order valence-corrected chi connectivity index (χ2v) is 8.31. The summed E-state index contributed by atoms with van der Waals surface area (Å²) in [5.74, 6) is 0.357. The molecule has 0 aromatic heterocycles. The summed E-state index contributed by atoms with van der Waals surface area (Å²) >= 11 is 0. The molecule has 0 saturated heterocycles. The molecule has 0 saturated carbocycles. The van der Waals surface area contributed by atoms with E-state index in [0.717, 1.165) is 29.8 Å². The number of amides is 1. The number of carbonyl (C=O) groups excluding carboxylic acids is 1. The number of ether oxygens (including phenoxy) is 1. The molecule has 0 radical (unpaired) electrons. The lowest BCUT2D eigenvalue weighted by atomic mass is 9.97. The van der Waals surface area contributed by atoms with Crippen LogP contribution < -0.4 is 14.4 Å². The van der Waals surface area contributed by atoms with E-state index in [1.54, 1.807) is 24.3 Å². The van der Waals surface area contributed by atoms with Gasteiger partial charge in [-0.05, 0) is 63.3 Å². The molecule has 0 aliphatic heterocycles. The Balaban J connectivity index is 1.94.